The molecule has 1 amide bonds. The lowest BCUT2D eigenvalue weighted by molar-refractivity contribution is -0.139. The number of hydrogen-bond donors (Lipinski definition) is 2. The minimum Gasteiger partial charge on any atom is -0.480 e. The molecular formula is C14H18F2N2O3. The van der Waals surface area contributed by atoms with Crippen molar-refractivity contribution >= 4 is 17.6 Å². The van der Waals surface area contributed by atoms with Gasteiger partial charge in [-0.1, -0.05) is 6.92 Å². The molecule has 5 nitrogen and oxygen atoms in total. The summed E-state index contributed by atoms with van der Waals surface area (Å²) in [5, 5.41) is 11.2. The lowest BCUT2D eigenvalue weighted by atomic mass is 10.2. The summed E-state index contributed by atoms with van der Waals surface area (Å²) in [6.07, 6.45) is 0.686. The highest BCUT2D eigenvalue weighted by Crippen LogP contribution is 2.13. The second-order valence-corrected chi connectivity index (χ2v) is 4.73. The van der Waals surface area contributed by atoms with Crippen LogP contribution < -0.4 is 5.32 Å². The van der Waals surface area contributed by atoms with Gasteiger partial charge in [0.25, 0.3) is 0 Å². The fourth-order valence-corrected chi connectivity index (χ4v) is 1.76. The first-order chi connectivity index (χ1) is 9.83. The first-order valence-electron chi connectivity index (χ1n) is 6.54. The smallest absolute Gasteiger partial charge is 0.317 e. The number of carbonyl (C=O) groups is 2. The molecule has 0 bridgehead atoms. The molecule has 1 atom stereocenters. The molecule has 0 saturated carbocycles. The fraction of sp³-hybridized carbons (Fsp3) is 0.429. The average molecular weight is 300 g/mol. The molecular weight excluding hydrogens is 282 g/mol. The lowest BCUT2D eigenvalue weighted by Gasteiger charge is -2.25. The molecule has 0 aliphatic heterocycles. The van der Waals surface area contributed by atoms with Gasteiger partial charge in [0.05, 0.1) is 13.1 Å². The van der Waals surface area contributed by atoms with Gasteiger partial charge in [0.2, 0.25) is 5.91 Å². The van der Waals surface area contributed by atoms with E-state index in [1.54, 1.807) is 0 Å². The number of nitrogens with one attached hydrogen (secondary N) is 1. The Labute approximate surface area is 121 Å². The molecule has 0 fully saturated rings. The number of carboxylic acid groups (broad SMARTS) is 1. The van der Waals surface area contributed by atoms with Crippen molar-refractivity contribution in [3.8, 4) is 0 Å². The quantitative estimate of drug-likeness (QED) is 0.809. The van der Waals surface area contributed by atoms with Crippen LogP contribution in [-0.2, 0) is 9.59 Å². The predicted octanol–water partition coefficient (Wildman–Crippen LogP) is 2.09. The molecule has 0 spiro atoms. The number of anilines is 1. The number of carbonyl (C=O) groups excluding carboxylic acids is 1. The van der Waals surface area contributed by atoms with Crippen molar-refractivity contribution in [2.75, 3.05) is 18.4 Å². The van der Waals surface area contributed by atoms with Crippen molar-refractivity contribution in [3.05, 3.63) is 29.8 Å². The maximum Gasteiger partial charge on any atom is 0.317 e. The number of benzene rings is 1. The highest BCUT2D eigenvalue weighted by Gasteiger charge is 2.19. The van der Waals surface area contributed by atoms with Gasteiger partial charge in [-0.15, -0.1) is 0 Å². The minimum absolute atomic E-state index is 0.0863. The third-order valence-corrected chi connectivity index (χ3v) is 3.10. The molecule has 0 radical (unpaired) electrons. The van der Waals surface area contributed by atoms with E-state index < -0.39 is 23.5 Å². The van der Waals surface area contributed by atoms with Crippen LogP contribution in [0.15, 0.2) is 18.2 Å². The van der Waals surface area contributed by atoms with Gasteiger partial charge in [-0.05, 0) is 25.5 Å². The third kappa shape index (κ3) is 5.47. The van der Waals surface area contributed by atoms with Crippen LogP contribution in [0.5, 0.6) is 0 Å². The zero-order chi connectivity index (χ0) is 16.0. The minimum atomic E-state index is -1.06. The van der Waals surface area contributed by atoms with E-state index in [0.717, 1.165) is 12.1 Å². The molecule has 7 heteroatoms. The van der Waals surface area contributed by atoms with E-state index in [-0.39, 0.29) is 24.8 Å². The summed E-state index contributed by atoms with van der Waals surface area (Å²) in [5.41, 5.74) is 0.123. The van der Waals surface area contributed by atoms with Gasteiger partial charge < -0.3 is 10.4 Å². The summed E-state index contributed by atoms with van der Waals surface area (Å²) in [4.78, 5) is 24.1. The van der Waals surface area contributed by atoms with Gasteiger partial charge in [0.15, 0.2) is 11.6 Å². The number of amides is 1. The molecule has 0 saturated heterocycles. The lowest BCUT2D eigenvalue weighted by Crippen LogP contribution is -2.42. The first kappa shape index (κ1) is 17.0. The predicted molar refractivity (Wildman–Crippen MR) is 73.9 cm³/mol. The Bertz CT molecular complexity index is 523. The Hall–Kier alpha value is -2.02. The van der Waals surface area contributed by atoms with Crippen molar-refractivity contribution in [1.82, 2.24) is 4.90 Å². The third-order valence-electron chi connectivity index (χ3n) is 3.10. The number of rotatable bonds is 7. The van der Waals surface area contributed by atoms with Gasteiger partial charge in [-0.2, -0.15) is 0 Å². The van der Waals surface area contributed by atoms with E-state index in [1.807, 2.05) is 13.8 Å². The van der Waals surface area contributed by atoms with Gasteiger partial charge in [0, 0.05) is 17.8 Å². The van der Waals surface area contributed by atoms with Crippen LogP contribution in [0.1, 0.15) is 20.3 Å². The van der Waals surface area contributed by atoms with Gasteiger partial charge in [-0.25, -0.2) is 8.78 Å². The van der Waals surface area contributed by atoms with Crippen molar-refractivity contribution in [2.45, 2.75) is 26.3 Å². The summed E-state index contributed by atoms with van der Waals surface area (Å²) in [7, 11) is 0. The molecule has 2 N–H and O–H groups in total. The van der Waals surface area contributed by atoms with Crippen molar-refractivity contribution in [2.24, 2.45) is 0 Å². The largest absolute Gasteiger partial charge is 0.480 e. The monoisotopic (exact) mass is 300 g/mol. The molecule has 0 aliphatic carbocycles. The molecule has 1 aromatic rings. The summed E-state index contributed by atoms with van der Waals surface area (Å²) in [6.45, 7) is 3.29. The van der Waals surface area contributed by atoms with E-state index in [9.17, 15) is 18.4 Å². The van der Waals surface area contributed by atoms with Crippen LogP contribution in [0.4, 0.5) is 14.5 Å². The topological polar surface area (TPSA) is 69.6 Å². The van der Waals surface area contributed by atoms with Gasteiger partial charge in [0.1, 0.15) is 0 Å². The Morgan fingerprint density at radius 3 is 2.48 bits per heavy atom. The van der Waals surface area contributed by atoms with E-state index >= 15 is 0 Å². The van der Waals surface area contributed by atoms with Crippen LogP contribution in [-0.4, -0.2) is 41.0 Å². The van der Waals surface area contributed by atoms with E-state index in [2.05, 4.69) is 5.32 Å². The van der Waals surface area contributed by atoms with Gasteiger partial charge >= 0.3 is 5.97 Å². The highest BCUT2D eigenvalue weighted by molar-refractivity contribution is 5.92. The summed E-state index contributed by atoms with van der Waals surface area (Å²) in [6, 6.07) is 2.94. The molecule has 0 aliphatic rings. The Morgan fingerprint density at radius 1 is 1.29 bits per heavy atom. The zero-order valence-electron chi connectivity index (χ0n) is 11.9. The second kappa shape index (κ2) is 7.68. The van der Waals surface area contributed by atoms with Crippen LogP contribution in [0, 0.1) is 11.6 Å². The Balaban J connectivity index is 2.68. The first-order valence-corrected chi connectivity index (χ1v) is 6.54. The standard InChI is InChI=1S/C14H18F2N2O3/c1-3-9(2)18(8-14(20)21)7-13(19)17-10-4-5-11(15)12(16)6-10/h4-6,9H,3,7-8H2,1-2H3,(H,17,19)(H,20,21). The maximum atomic E-state index is 13.0. The van der Waals surface area contributed by atoms with E-state index in [1.165, 1.54) is 11.0 Å². The second-order valence-electron chi connectivity index (χ2n) is 4.73. The molecule has 0 heterocycles. The number of hydrogen-bond acceptors (Lipinski definition) is 3. The van der Waals surface area contributed by atoms with Gasteiger partial charge in [-0.3, -0.25) is 14.5 Å². The van der Waals surface area contributed by atoms with Crippen LogP contribution >= 0.6 is 0 Å². The SMILES string of the molecule is CCC(C)N(CC(=O)O)CC(=O)Nc1ccc(F)c(F)c1. The van der Waals surface area contributed by atoms with Crippen molar-refractivity contribution in [3.63, 3.8) is 0 Å². The maximum absolute atomic E-state index is 13.0. The zero-order valence-corrected chi connectivity index (χ0v) is 11.9. The fourth-order valence-electron chi connectivity index (χ4n) is 1.76. The number of aliphatic carboxylic acids is 1. The number of halogens is 2. The molecule has 1 unspecified atom stereocenters. The molecule has 116 valence electrons. The summed E-state index contributed by atoms with van der Waals surface area (Å²) < 4.78 is 25.8. The molecule has 0 aromatic heterocycles. The van der Waals surface area contributed by atoms with E-state index in [0.29, 0.717) is 6.42 Å². The van der Waals surface area contributed by atoms with E-state index in [4.69, 9.17) is 5.11 Å². The number of nitrogens with zero attached hydrogens (tertiary/aromatic N) is 1. The Morgan fingerprint density at radius 2 is 1.95 bits per heavy atom. The Kier molecular flexibility index (Phi) is 6.23. The average Bonchev–Trinajstić information content (AvgIpc) is 2.40. The molecule has 1 rings (SSSR count). The van der Waals surface area contributed by atoms with Crippen molar-refractivity contribution < 1.29 is 23.5 Å². The normalized spacial score (nSPS) is 12.2. The number of carboxylic acids is 1. The van der Waals surface area contributed by atoms with Crippen LogP contribution in [0.2, 0.25) is 0 Å². The van der Waals surface area contributed by atoms with Crippen LogP contribution in [0.25, 0.3) is 0 Å². The van der Waals surface area contributed by atoms with Crippen molar-refractivity contribution in [1.29, 1.82) is 0 Å². The van der Waals surface area contributed by atoms with Crippen LogP contribution in [0.3, 0.4) is 0 Å². The molecule has 21 heavy (non-hydrogen) atoms. The highest BCUT2D eigenvalue weighted by atomic mass is 19.2. The summed E-state index contributed by atoms with van der Waals surface area (Å²) >= 11 is 0. The summed E-state index contributed by atoms with van der Waals surface area (Å²) in [5.74, 6) is -3.57. The molecule has 1 aromatic carbocycles.